The molecule has 4 N–H and O–H groups in total. The van der Waals surface area contributed by atoms with E-state index in [-0.39, 0.29) is 24.4 Å². The van der Waals surface area contributed by atoms with Crippen molar-refractivity contribution in [2.75, 3.05) is 23.5 Å². The second-order valence-corrected chi connectivity index (χ2v) is 3.52. The van der Waals surface area contributed by atoms with E-state index in [4.69, 9.17) is 10.9 Å². The fraction of sp³-hybridized carbons (Fsp3) is 0.556. The lowest BCUT2D eigenvalue weighted by molar-refractivity contribution is 0.298. The van der Waals surface area contributed by atoms with E-state index in [0.717, 1.165) is 6.20 Å². The van der Waals surface area contributed by atoms with Crippen molar-refractivity contribution < 1.29 is 9.50 Å². The average molecular weight is 229 g/mol. The predicted octanol–water partition coefficient (Wildman–Crippen LogP) is 0.108. The van der Waals surface area contributed by atoms with Crippen LogP contribution in [-0.2, 0) is 0 Å². The van der Waals surface area contributed by atoms with E-state index in [1.807, 2.05) is 13.8 Å². The summed E-state index contributed by atoms with van der Waals surface area (Å²) in [5, 5.41) is 8.92. The maximum Gasteiger partial charge on any atom is 0.239 e. The smallest absolute Gasteiger partial charge is 0.239 e. The Morgan fingerprint density at radius 1 is 1.62 bits per heavy atom. The van der Waals surface area contributed by atoms with Gasteiger partial charge in [0.25, 0.3) is 0 Å². The van der Waals surface area contributed by atoms with Gasteiger partial charge in [0.2, 0.25) is 5.95 Å². The Kier molecular flexibility index (Phi) is 4.39. The first-order chi connectivity index (χ1) is 7.60. The van der Waals surface area contributed by atoms with Crippen molar-refractivity contribution in [2.24, 2.45) is 5.84 Å². The van der Waals surface area contributed by atoms with E-state index in [9.17, 15) is 4.39 Å². The van der Waals surface area contributed by atoms with Gasteiger partial charge in [0, 0.05) is 12.6 Å². The van der Waals surface area contributed by atoms with Crippen molar-refractivity contribution in [1.29, 1.82) is 0 Å². The van der Waals surface area contributed by atoms with Gasteiger partial charge in [0.15, 0.2) is 11.6 Å². The molecule has 0 unspecified atom stereocenters. The molecule has 1 rings (SSSR count). The fourth-order valence-electron chi connectivity index (χ4n) is 1.35. The van der Waals surface area contributed by atoms with E-state index >= 15 is 0 Å². The second kappa shape index (κ2) is 5.57. The van der Waals surface area contributed by atoms with Crippen molar-refractivity contribution in [2.45, 2.75) is 19.9 Å². The molecule has 0 aliphatic rings. The van der Waals surface area contributed by atoms with Gasteiger partial charge in [-0.3, -0.25) is 5.43 Å². The number of nitrogens with one attached hydrogen (secondary N) is 1. The summed E-state index contributed by atoms with van der Waals surface area (Å²) in [5.41, 5.74) is 2.25. The first-order valence-electron chi connectivity index (χ1n) is 4.96. The average Bonchev–Trinajstić information content (AvgIpc) is 2.27. The Morgan fingerprint density at radius 2 is 2.31 bits per heavy atom. The Balaban J connectivity index is 3.06. The molecule has 0 aliphatic heterocycles. The van der Waals surface area contributed by atoms with Crippen molar-refractivity contribution in [1.82, 2.24) is 9.97 Å². The lowest BCUT2D eigenvalue weighted by atomic mass is 10.3. The summed E-state index contributed by atoms with van der Waals surface area (Å²) in [6, 6.07) is 0.0159. The zero-order valence-corrected chi connectivity index (χ0v) is 9.31. The number of anilines is 2. The normalized spacial score (nSPS) is 10.6. The molecule has 1 aromatic rings. The molecule has 1 aromatic heterocycles. The summed E-state index contributed by atoms with van der Waals surface area (Å²) in [4.78, 5) is 9.21. The standard InChI is InChI=1S/C9H16FN5O/c1-6(2)15(3-4-16)8-7(10)5-12-9(13-8)14-11/h5-6,16H,3-4,11H2,1-2H3,(H,12,13,14). The number of halogens is 1. The number of aliphatic hydroxyl groups is 1. The number of hydrogen-bond acceptors (Lipinski definition) is 6. The van der Waals surface area contributed by atoms with Gasteiger partial charge in [-0.05, 0) is 13.8 Å². The van der Waals surface area contributed by atoms with Gasteiger partial charge in [-0.25, -0.2) is 15.2 Å². The van der Waals surface area contributed by atoms with Crippen LogP contribution >= 0.6 is 0 Å². The Bertz CT molecular complexity index is 347. The molecule has 0 atom stereocenters. The highest BCUT2D eigenvalue weighted by molar-refractivity contribution is 5.44. The number of hydrogen-bond donors (Lipinski definition) is 3. The van der Waals surface area contributed by atoms with Crippen LogP contribution in [-0.4, -0.2) is 34.3 Å². The Labute approximate surface area is 93.3 Å². The third-order valence-electron chi connectivity index (χ3n) is 2.09. The highest BCUT2D eigenvalue weighted by atomic mass is 19.1. The molecule has 0 amide bonds. The van der Waals surface area contributed by atoms with E-state index in [2.05, 4.69) is 15.4 Å². The van der Waals surface area contributed by atoms with Crippen LogP contribution in [0, 0.1) is 5.82 Å². The zero-order valence-electron chi connectivity index (χ0n) is 9.31. The maximum atomic E-state index is 13.5. The molecule has 0 fully saturated rings. The summed E-state index contributed by atoms with van der Waals surface area (Å²) in [6.07, 6.45) is 1.05. The van der Waals surface area contributed by atoms with Gasteiger partial charge in [-0.1, -0.05) is 0 Å². The molecule has 0 bridgehead atoms. The van der Waals surface area contributed by atoms with Crippen molar-refractivity contribution in [3.8, 4) is 0 Å². The van der Waals surface area contributed by atoms with Crippen LogP contribution < -0.4 is 16.2 Å². The summed E-state index contributed by atoms with van der Waals surface area (Å²) in [6.45, 7) is 3.99. The molecule has 16 heavy (non-hydrogen) atoms. The minimum atomic E-state index is -0.541. The van der Waals surface area contributed by atoms with Gasteiger partial charge in [-0.2, -0.15) is 4.98 Å². The van der Waals surface area contributed by atoms with Gasteiger partial charge >= 0.3 is 0 Å². The number of rotatable bonds is 5. The van der Waals surface area contributed by atoms with E-state index in [1.165, 1.54) is 0 Å². The molecular weight excluding hydrogens is 213 g/mol. The topological polar surface area (TPSA) is 87.3 Å². The van der Waals surface area contributed by atoms with E-state index in [1.54, 1.807) is 4.90 Å². The van der Waals surface area contributed by atoms with Crippen LogP contribution in [0.25, 0.3) is 0 Å². The first kappa shape index (κ1) is 12.6. The molecular formula is C9H16FN5O. The fourth-order valence-corrected chi connectivity index (χ4v) is 1.35. The summed E-state index contributed by atoms with van der Waals surface area (Å²) in [7, 11) is 0. The number of nitrogen functional groups attached to an aromatic ring is 1. The molecule has 0 spiro atoms. The maximum absolute atomic E-state index is 13.5. The van der Waals surface area contributed by atoms with Gasteiger partial charge < -0.3 is 10.0 Å². The molecule has 0 aromatic carbocycles. The SMILES string of the molecule is CC(C)N(CCO)c1nc(NN)ncc1F. The van der Waals surface area contributed by atoms with Crippen molar-refractivity contribution >= 4 is 11.8 Å². The van der Waals surface area contributed by atoms with Crippen LogP contribution in [0.15, 0.2) is 6.20 Å². The predicted molar refractivity (Wildman–Crippen MR) is 59.4 cm³/mol. The minimum Gasteiger partial charge on any atom is -0.395 e. The van der Waals surface area contributed by atoms with Crippen LogP contribution in [0.4, 0.5) is 16.2 Å². The van der Waals surface area contributed by atoms with Crippen LogP contribution in [0.5, 0.6) is 0 Å². The number of nitrogens with two attached hydrogens (primary N) is 1. The molecule has 0 saturated carbocycles. The number of aliphatic hydroxyl groups excluding tert-OH is 1. The molecule has 7 heteroatoms. The lowest BCUT2D eigenvalue weighted by Crippen LogP contribution is -2.35. The number of aromatic nitrogens is 2. The molecule has 90 valence electrons. The first-order valence-corrected chi connectivity index (χ1v) is 4.96. The monoisotopic (exact) mass is 229 g/mol. The number of nitrogens with zero attached hydrogens (tertiary/aromatic N) is 3. The third kappa shape index (κ3) is 2.77. The highest BCUT2D eigenvalue weighted by Gasteiger charge is 2.17. The molecule has 6 nitrogen and oxygen atoms in total. The summed E-state index contributed by atoms with van der Waals surface area (Å²) >= 11 is 0. The minimum absolute atomic E-state index is 0.0159. The Hall–Kier alpha value is -1.47. The zero-order chi connectivity index (χ0) is 12.1. The highest BCUT2D eigenvalue weighted by Crippen LogP contribution is 2.18. The lowest BCUT2D eigenvalue weighted by Gasteiger charge is -2.27. The molecule has 0 aliphatic carbocycles. The van der Waals surface area contributed by atoms with Crippen LogP contribution in [0.2, 0.25) is 0 Å². The van der Waals surface area contributed by atoms with Crippen LogP contribution in [0.1, 0.15) is 13.8 Å². The van der Waals surface area contributed by atoms with E-state index in [0.29, 0.717) is 6.54 Å². The summed E-state index contributed by atoms with van der Waals surface area (Å²) < 4.78 is 13.5. The quantitative estimate of drug-likeness (QED) is 0.490. The van der Waals surface area contributed by atoms with Crippen molar-refractivity contribution in [3.63, 3.8) is 0 Å². The summed E-state index contributed by atoms with van der Waals surface area (Å²) in [5.74, 6) is 4.88. The van der Waals surface area contributed by atoms with Crippen molar-refractivity contribution in [3.05, 3.63) is 12.0 Å². The van der Waals surface area contributed by atoms with Crippen LogP contribution in [0.3, 0.4) is 0 Å². The van der Waals surface area contributed by atoms with Gasteiger partial charge in [-0.15, -0.1) is 0 Å². The van der Waals surface area contributed by atoms with Gasteiger partial charge in [0.05, 0.1) is 12.8 Å². The van der Waals surface area contributed by atoms with E-state index < -0.39 is 5.82 Å². The van der Waals surface area contributed by atoms with Gasteiger partial charge in [0.1, 0.15) is 0 Å². The third-order valence-corrected chi connectivity index (χ3v) is 2.09. The largest absolute Gasteiger partial charge is 0.395 e. The molecule has 1 heterocycles. The molecule has 0 saturated heterocycles. The Morgan fingerprint density at radius 3 is 2.81 bits per heavy atom. The number of hydrazine groups is 1. The molecule has 0 radical (unpaired) electrons. The second-order valence-electron chi connectivity index (χ2n) is 3.52.